The van der Waals surface area contributed by atoms with Crippen molar-refractivity contribution in [3.05, 3.63) is 59.7 Å². The van der Waals surface area contributed by atoms with Gasteiger partial charge in [0, 0.05) is 0 Å². The van der Waals surface area contributed by atoms with Crippen molar-refractivity contribution in [2.45, 2.75) is 53.0 Å². The van der Waals surface area contributed by atoms with Gasteiger partial charge in [0.05, 0.1) is 12.8 Å². The van der Waals surface area contributed by atoms with Gasteiger partial charge in [0.15, 0.2) is 6.61 Å². The molecule has 0 aromatic heterocycles. The van der Waals surface area contributed by atoms with Gasteiger partial charge in [-0.25, -0.2) is 5.43 Å². The molecule has 33 heavy (non-hydrogen) atoms. The third-order valence-corrected chi connectivity index (χ3v) is 4.85. The lowest BCUT2D eigenvalue weighted by Crippen LogP contribution is -2.47. The maximum Gasteiger partial charge on any atom is 0.262 e. The molecule has 0 bridgehead atoms. The zero-order chi connectivity index (χ0) is 24.1. The molecule has 0 unspecified atom stereocenters. The van der Waals surface area contributed by atoms with Gasteiger partial charge in [0.1, 0.15) is 17.5 Å². The molecule has 2 amide bonds. The van der Waals surface area contributed by atoms with Crippen LogP contribution < -0.4 is 20.2 Å². The number of unbranched alkanes of at least 4 members (excludes halogenated alkanes) is 1. The van der Waals surface area contributed by atoms with Crippen LogP contribution in [-0.4, -0.2) is 37.3 Å². The lowest BCUT2D eigenvalue weighted by atomic mass is 10.0. The monoisotopic (exact) mass is 453 g/mol. The number of rotatable bonds is 13. The molecule has 2 aromatic carbocycles. The predicted octanol–water partition coefficient (Wildman–Crippen LogP) is 4.23. The SMILES string of the molecule is CCCCOc1ccc(/C=N\NC(=O)[C@H](CC(C)C)NC(=O)COc2ccccc2C)cc1. The lowest BCUT2D eigenvalue weighted by molar-refractivity contribution is -0.130. The Morgan fingerprint density at radius 1 is 1.06 bits per heavy atom. The van der Waals surface area contributed by atoms with E-state index < -0.39 is 6.04 Å². The van der Waals surface area contributed by atoms with E-state index in [4.69, 9.17) is 9.47 Å². The van der Waals surface area contributed by atoms with Gasteiger partial charge in [-0.05, 0) is 67.1 Å². The Balaban J connectivity index is 1.87. The number of carbonyl (C=O) groups is 2. The van der Waals surface area contributed by atoms with E-state index in [9.17, 15) is 9.59 Å². The van der Waals surface area contributed by atoms with Crippen LogP contribution in [0.15, 0.2) is 53.6 Å². The van der Waals surface area contributed by atoms with Crippen molar-refractivity contribution in [1.29, 1.82) is 0 Å². The van der Waals surface area contributed by atoms with Crippen molar-refractivity contribution in [3.8, 4) is 11.5 Å². The molecule has 0 radical (unpaired) electrons. The van der Waals surface area contributed by atoms with Crippen molar-refractivity contribution in [3.63, 3.8) is 0 Å². The summed E-state index contributed by atoms with van der Waals surface area (Å²) in [5.74, 6) is 0.925. The van der Waals surface area contributed by atoms with Gasteiger partial charge < -0.3 is 14.8 Å². The summed E-state index contributed by atoms with van der Waals surface area (Å²) in [4.78, 5) is 25.0. The highest BCUT2D eigenvalue weighted by atomic mass is 16.5. The summed E-state index contributed by atoms with van der Waals surface area (Å²) >= 11 is 0. The van der Waals surface area contributed by atoms with E-state index >= 15 is 0 Å². The smallest absolute Gasteiger partial charge is 0.262 e. The summed E-state index contributed by atoms with van der Waals surface area (Å²) in [5.41, 5.74) is 4.29. The number of para-hydroxylation sites is 1. The molecule has 0 heterocycles. The number of aryl methyl sites for hydroxylation is 1. The molecule has 178 valence electrons. The zero-order valence-electron chi connectivity index (χ0n) is 20.0. The molecule has 1 atom stereocenters. The normalized spacial score (nSPS) is 11.9. The Hall–Kier alpha value is -3.35. The number of nitrogens with one attached hydrogen (secondary N) is 2. The molecular weight excluding hydrogens is 418 g/mol. The number of amides is 2. The van der Waals surface area contributed by atoms with Crippen LogP contribution in [0.3, 0.4) is 0 Å². The first-order chi connectivity index (χ1) is 15.9. The number of ether oxygens (including phenoxy) is 2. The third kappa shape index (κ3) is 9.76. The number of hydrazone groups is 1. The molecule has 0 spiro atoms. The minimum absolute atomic E-state index is 0.164. The van der Waals surface area contributed by atoms with Crippen molar-refractivity contribution in [2.75, 3.05) is 13.2 Å². The third-order valence-electron chi connectivity index (χ3n) is 4.85. The average molecular weight is 454 g/mol. The minimum Gasteiger partial charge on any atom is -0.494 e. The first kappa shape index (κ1) is 25.9. The summed E-state index contributed by atoms with van der Waals surface area (Å²) < 4.78 is 11.2. The van der Waals surface area contributed by atoms with Gasteiger partial charge in [-0.3, -0.25) is 9.59 Å². The molecule has 0 aliphatic heterocycles. The fourth-order valence-electron chi connectivity index (χ4n) is 3.03. The Morgan fingerprint density at radius 3 is 2.45 bits per heavy atom. The maximum atomic E-state index is 12.6. The van der Waals surface area contributed by atoms with Gasteiger partial charge in [0.2, 0.25) is 0 Å². The average Bonchev–Trinajstić information content (AvgIpc) is 2.79. The number of benzene rings is 2. The van der Waals surface area contributed by atoms with Crippen molar-refractivity contribution in [1.82, 2.24) is 10.7 Å². The summed E-state index contributed by atoms with van der Waals surface area (Å²) in [6, 6.07) is 14.2. The quantitative estimate of drug-likeness (QED) is 0.270. The highest BCUT2D eigenvalue weighted by Crippen LogP contribution is 2.16. The second-order valence-corrected chi connectivity index (χ2v) is 8.31. The number of nitrogens with zero attached hydrogens (tertiary/aromatic N) is 1. The second-order valence-electron chi connectivity index (χ2n) is 8.31. The Morgan fingerprint density at radius 2 is 1.79 bits per heavy atom. The first-order valence-corrected chi connectivity index (χ1v) is 11.4. The lowest BCUT2D eigenvalue weighted by Gasteiger charge is -2.19. The summed E-state index contributed by atoms with van der Waals surface area (Å²) in [7, 11) is 0. The molecule has 0 saturated heterocycles. The van der Waals surface area contributed by atoms with E-state index in [0.717, 1.165) is 29.7 Å². The Kier molecular flexibility index (Phi) is 10.9. The highest BCUT2D eigenvalue weighted by Gasteiger charge is 2.22. The molecule has 7 nitrogen and oxygen atoms in total. The van der Waals surface area contributed by atoms with Crippen LogP contribution >= 0.6 is 0 Å². The standard InChI is InChI=1S/C26H35N3O4/c1-5-6-15-32-22-13-11-21(12-14-22)17-27-29-26(31)23(16-19(2)3)28-25(30)18-33-24-10-8-7-9-20(24)4/h7-14,17,19,23H,5-6,15-16,18H2,1-4H3,(H,28,30)(H,29,31)/b27-17-/t23-/m0/s1. The number of hydrogen-bond donors (Lipinski definition) is 2. The molecule has 0 aliphatic carbocycles. The van der Waals surface area contributed by atoms with Gasteiger partial charge >= 0.3 is 0 Å². The highest BCUT2D eigenvalue weighted by molar-refractivity contribution is 5.89. The number of hydrogen-bond acceptors (Lipinski definition) is 5. The molecule has 2 rings (SSSR count). The number of carbonyl (C=O) groups excluding carboxylic acids is 2. The molecule has 7 heteroatoms. The summed E-state index contributed by atoms with van der Waals surface area (Å²) in [6.45, 7) is 8.54. The van der Waals surface area contributed by atoms with Crippen LogP contribution in [0.1, 0.15) is 51.2 Å². The molecule has 2 aromatic rings. The van der Waals surface area contributed by atoms with E-state index in [2.05, 4.69) is 22.8 Å². The van der Waals surface area contributed by atoms with E-state index in [1.807, 2.05) is 63.2 Å². The van der Waals surface area contributed by atoms with Gasteiger partial charge in [-0.15, -0.1) is 0 Å². The van der Waals surface area contributed by atoms with Crippen molar-refractivity contribution < 1.29 is 19.1 Å². The van der Waals surface area contributed by atoms with Gasteiger partial charge in [-0.1, -0.05) is 45.4 Å². The Labute approximate surface area is 196 Å². The van der Waals surface area contributed by atoms with Crippen molar-refractivity contribution >= 4 is 18.0 Å². The topological polar surface area (TPSA) is 89.0 Å². The predicted molar refractivity (Wildman–Crippen MR) is 131 cm³/mol. The molecule has 0 aliphatic rings. The Bertz CT molecular complexity index is 910. The maximum absolute atomic E-state index is 12.6. The van der Waals surface area contributed by atoms with Crippen molar-refractivity contribution in [2.24, 2.45) is 11.0 Å². The van der Waals surface area contributed by atoms with Crippen LogP contribution in [-0.2, 0) is 9.59 Å². The fourth-order valence-corrected chi connectivity index (χ4v) is 3.03. The molecule has 0 fully saturated rings. The van der Waals surface area contributed by atoms with Crippen LogP contribution in [0.2, 0.25) is 0 Å². The molecular formula is C26H35N3O4. The van der Waals surface area contributed by atoms with E-state index in [-0.39, 0.29) is 24.3 Å². The van der Waals surface area contributed by atoms with Gasteiger partial charge in [0.25, 0.3) is 11.8 Å². The van der Waals surface area contributed by atoms with Crippen LogP contribution in [0, 0.1) is 12.8 Å². The zero-order valence-corrected chi connectivity index (χ0v) is 20.0. The fraction of sp³-hybridized carbons (Fsp3) is 0.423. The largest absolute Gasteiger partial charge is 0.494 e. The summed E-state index contributed by atoms with van der Waals surface area (Å²) in [5, 5.41) is 6.79. The molecule has 0 saturated carbocycles. The van der Waals surface area contributed by atoms with Crippen LogP contribution in [0.25, 0.3) is 0 Å². The van der Waals surface area contributed by atoms with E-state index in [1.54, 1.807) is 12.3 Å². The van der Waals surface area contributed by atoms with E-state index in [0.29, 0.717) is 18.8 Å². The van der Waals surface area contributed by atoms with E-state index in [1.165, 1.54) is 0 Å². The first-order valence-electron chi connectivity index (χ1n) is 11.4. The minimum atomic E-state index is -0.704. The second kappa shape index (κ2) is 13.9. The van der Waals surface area contributed by atoms with Crippen LogP contribution in [0.4, 0.5) is 0 Å². The van der Waals surface area contributed by atoms with Gasteiger partial charge in [-0.2, -0.15) is 5.10 Å². The molecule has 2 N–H and O–H groups in total. The summed E-state index contributed by atoms with van der Waals surface area (Å²) in [6.07, 6.45) is 4.15. The van der Waals surface area contributed by atoms with Crippen LogP contribution in [0.5, 0.6) is 11.5 Å².